The minimum atomic E-state index is -4.74. The summed E-state index contributed by atoms with van der Waals surface area (Å²) in [5, 5.41) is 11.8. The van der Waals surface area contributed by atoms with Gasteiger partial charge in [0.2, 0.25) is 0 Å². The highest BCUT2D eigenvalue weighted by molar-refractivity contribution is 5.43. The lowest BCUT2D eigenvalue weighted by atomic mass is 9.62. The Morgan fingerprint density at radius 3 is 2.15 bits per heavy atom. The quantitative estimate of drug-likeness (QED) is 0.886. The van der Waals surface area contributed by atoms with E-state index < -0.39 is 17.4 Å². The molecule has 0 amide bonds. The molecule has 0 aliphatic carbocycles. The molecule has 3 rings (SSSR count). The van der Waals surface area contributed by atoms with E-state index in [9.17, 15) is 18.3 Å². The van der Waals surface area contributed by atoms with Crippen LogP contribution in [0.1, 0.15) is 23.6 Å². The van der Waals surface area contributed by atoms with E-state index in [1.54, 1.807) is 0 Å². The number of nitrogens with zero attached hydrogens (tertiary/aromatic N) is 1. The van der Waals surface area contributed by atoms with Crippen LogP contribution >= 0.6 is 0 Å². The van der Waals surface area contributed by atoms with E-state index in [0.717, 1.165) is 11.1 Å². The molecule has 1 N–H and O–H groups in total. The van der Waals surface area contributed by atoms with Crippen LogP contribution in [-0.4, -0.2) is 36.5 Å². The predicted molar refractivity (Wildman–Crippen MR) is 92.9 cm³/mol. The van der Waals surface area contributed by atoms with Crippen LogP contribution < -0.4 is 4.74 Å². The van der Waals surface area contributed by atoms with Crippen molar-refractivity contribution in [2.75, 3.05) is 20.1 Å². The Kier molecular flexibility index (Phi) is 4.53. The second-order valence-corrected chi connectivity index (χ2v) is 7.39. The molecule has 2 aromatic rings. The molecule has 6 heteroatoms. The van der Waals surface area contributed by atoms with E-state index in [0.29, 0.717) is 18.7 Å². The van der Waals surface area contributed by atoms with E-state index in [1.165, 1.54) is 24.3 Å². The maximum absolute atomic E-state index is 12.4. The lowest BCUT2D eigenvalue weighted by Gasteiger charge is -2.56. The Labute approximate surface area is 151 Å². The van der Waals surface area contributed by atoms with Gasteiger partial charge in [0.1, 0.15) is 11.4 Å². The van der Waals surface area contributed by atoms with Gasteiger partial charge in [-0.2, -0.15) is 0 Å². The molecule has 0 aromatic heterocycles. The number of halogens is 3. The Balaban J connectivity index is 2.04. The van der Waals surface area contributed by atoms with Crippen molar-refractivity contribution >= 4 is 0 Å². The molecule has 1 aliphatic heterocycles. The maximum atomic E-state index is 12.4. The third-order valence-corrected chi connectivity index (χ3v) is 5.05. The molecule has 1 heterocycles. The van der Waals surface area contributed by atoms with Crippen molar-refractivity contribution in [3.63, 3.8) is 0 Å². The topological polar surface area (TPSA) is 32.7 Å². The van der Waals surface area contributed by atoms with Gasteiger partial charge in [-0.15, -0.1) is 13.2 Å². The van der Waals surface area contributed by atoms with Gasteiger partial charge in [-0.3, -0.25) is 0 Å². The fourth-order valence-electron chi connectivity index (χ4n) is 4.01. The molecule has 1 fully saturated rings. The Morgan fingerprint density at radius 1 is 1.04 bits per heavy atom. The monoisotopic (exact) mass is 365 g/mol. The zero-order chi connectivity index (χ0) is 19.2. The van der Waals surface area contributed by atoms with E-state index in [1.807, 2.05) is 45.2 Å². The van der Waals surface area contributed by atoms with Gasteiger partial charge in [0, 0.05) is 18.5 Å². The van der Waals surface area contributed by atoms with Gasteiger partial charge >= 0.3 is 6.36 Å². The molecule has 26 heavy (non-hydrogen) atoms. The van der Waals surface area contributed by atoms with Crippen molar-refractivity contribution < 1.29 is 23.0 Å². The summed E-state index contributed by atoms with van der Waals surface area (Å²) in [4.78, 5) is 2.10. The molecule has 0 spiro atoms. The normalized spacial score (nSPS) is 19.5. The summed E-state index contributed by atoms with van der Waals surface area (Å²) in [5.41, 5.74) is 0.518. The van der Waals surface area contributed by atoms with E-state index in [4.69, 9.17) is 0 Å². The van der Waals surface area contributed by atoms with Crippen molar-refractivity contribution in [1.82, 2.24) is 4.90 Å². The minimum Gasteiger partial charge on any atom is -0.406 e. The van der Waals surface area contributed by atoms with Crippen molar-refractivity contribution in [3.8, 4) is 5.75 Å². The Morgan fingerprint density at radius 2 is 1.65 bits per heavy atom. The molecular formula is C20H22F3NO2. The number of aryl methyl sites for hydroxylation is 1. The maximum Gasteiger partial charge on any atom is 0.573 e. The highest BCUT2D eigenvalue weighted by Gasteiger charge is 2.55. The highest BCUT2D eigenvalue weighted by Crippen LogP contribution is 2.50. The standard InChI is InChI=1S/C20H22F3NO2/c1-14-5-4-6-16(11-14)19(25,18(2)12-24(3)13-18)15-7-9-17(10-8-15)26-20(21,22)23/h4-11,25H,12-13H2,1-3H3/t19-/m0/s1. The molecule has 0 radical (unpaired) electrons. The van der Waals surface area contributed by atoms with E-state index >= 15 is 0 Å². The first kappa shape index (κ1) is 18.7. The number of alkyl halides is 3. The van der Waals surface area contributed by atoms with E-state index in [2.05, 4.69) is 9.64 Å². The largest absolute Gasteiger partial charge is 0.573 e. The molecule has 1 atom stereocenters. The second kappa shape index (κ2) is 6.28. The smallest absolute Gasteiger partial charge is 0.406 e. The number of likely N-dealkylation sites (tertiary alicyclic amines) is 1. The number of ether oxygens (including phenoxy) is 1. The summed E-state index contributed by atoms with van der Waals surface area (Å²) in [6.07, 6.45) is -4.74. The average Bonchev–Trinajstić information content (AvgIpc) is 2.52. The average molecular weight is 365 g/mol. The first-order valence-electron chi connectivity index (χ1n) is 8.38. The van der Waals surface area contributed by atoms with Gasteiger partial charge in [0.25, 0.3) is 0 Å². The number of hydrogen-bond donors (Lipinski definition) is 1. The third kappa shape index (κ3) is 3.31. The predicted octanol–water partition coefficient (Wildman–Crippen LogP) is 4.08. The van der Waals surface area contributed by atoms with Crippen molar-refractivity contribution in [3.05, 3.63) is 65.2 Å². The van der Waals surface area contributed by atoms with Gasteiger partial charge in [0.05, 0.1) is 0 Å². The van der Waals surface area contributed by atoms with Gasteiger partial charge in [0.15, 0.2) is 0 Å². The zero-order valence-electron chi connectivity index (χ0n) is 15.0. The first-order chi connectivity index (χ1) is 12.0. The summed E-state index contributed by atoms with van der Waals surface area (Å²) in [6, 6.07) is 13.1. The van der Waals surface area contributed by atoms with Crippen LogP contribution in [0.5, 0.6) is 5.75 Å². The van der Waals surface area contributed by atoms with Gasteiger partial charge < -0.3 is 14.7 Å². The van der Waals surface area contributed by atoms with Crippen LogP contribution in [0.3, 0.4) is 0 Å². The minimum absolute atomic E-state index is 0.302. The fourth-order valence-corrected chi connectivity index (χ4v) is 4.01. The van der Waals surface area contributed by atoms with Crippen LogP contribution in [0.4, 0.5) is 13.2 Å². The summed E-state index contributed by atoms with van der Waals surface area (Å²) in [5.74, 6) is -0.302. The van der Waals surface area contributed by atoms with Crippen molar-refractivity contribution in [1.29, 1.82) is 0 Å². The molecule has 140 valence electrons. The van der Waals surface area contributed by atoms with Crippen LogP contribution in [0.25, 0.3) is 0 Å². The van der Waals surface area contributed by atoms with Crippen LogP contribution in [0.15, 0.2) is 48.5 Å². The van der Waals surface area contributed by atoms with Gasteiger partial charge in [-0.1, -0.05) is 48.9 Å². The van der Waals surface area contributed by atoms with Crippen LogP contribution in [0.2, 0.25) is 0 Å². The van der Waals surface area contributed by atoms with Gasteiger partial charge in [-0.25, -0.2) is 0 Å². The fraction of sp³-hybridized carbons (Fsp3) is 0.400. The summed E-state index contributed by atoms with van der Waals surface area (Å²) in [7, 11) is 1.97. The van der Waals surface area contributed by atoms with Crippen molar-refractivity contribution in [2.45, 2.75) is 25.8 Å². The Bertz CT molecular complexity index is 782. The number of rotatable bonds is 4. The SMILES string of the molecule is Cc1cccc([C@@](O)(c2ccc(OC(F)(F)F)cc2)C2(C)CN(C)C2)c1. The summed E-state index contributed by atoms with van der Waals surface area (Å²) >= 11 is 0. The molecule has 0 bridgehead atoms. The zero-order valence-corrected chi connectivity index (χ0v) is 15.0. The molecule has 1 saturated heterocycles. The molecule has 0 unspecified atom stereocenters. The number of hydrogen-bond acceptors (Lipinski definition) is 3. The Hall–Kier alpha value is -2.05. The molecule has 3 nitrogen and oxygen atoms in total. The molecular weight excluding hydrogens is 343 g/mol. The number of benzene rings is 2. The van der Waals surface area contributed by atoms with Gasteiger partial charge in [-0.05, 0) is 37.2 Å². The number of aliphatic hydroxyl groups is 1. The van der Waals surface area contributed by atoms with Crippen molar-refractivity contribution in [2.24, 2.45) is 5.41 Å². The van der Waals surface area contributed by atoms with E-state index in [-0.39, 0.29) is 5.75 Å². The lowest BCUT2D eigenvalue weighted by molar-refractivity contribution is -0.274. The molecule has 2 aromatic carbocycles. The third-order valence-electron chi connectivity index (χ3n) is 5.05. The lowest BCUT2D eigenvalue weighted by Crippen LogP contribution is -2.63. The highest BCUT2D eigenvalue weighted by atomic mass is 19.4. The van der Waals surface area contributed by atoms with Crippen LogP contribution in [-0.2, 0) is 5.60 Å². The first-order valence-corrected chi connectivity index (χ1v) is 8.38. The van der Waals surface area contributed by atoms with Crippen LogP contribution in [0, 0.1) is 12.3 Å². The molecule has 0 saturated carbocycles. The second-order valence-electron chi connectivity index (χ2n) is 7.39. The summed E-state index contributed by atoms with van der Waals surface area (Å²) in [6.45, 7) is 5.30. The summed E-state index contributed by atoms with van der Waals surface area (Å²) < 4.78 is 41.2. The molecule has 1 aliphatic rings.